The van der Waals surface area contributed by atoms with Crippen LogP contribution in [0.1, 0.15) is 43.1 Å². The van der Waals surface area contributed by atoms with E-state index < -0.39 is 0 Å². The van der Waals surface area contributed by atoms with Crippen LogP contribution in [-0.2, 0) is 10.2 Å². The van der Waals surface area contributed by atoms with Crippen molar-refractivity contribution in [3.05, 3.63) is 35.4 Å². The van der Waals surface area contributed by atoms with Crippen LogP contribution in [0.5, 0.6) is 0 Å². The Morgan fingerprint density at radius 2 is 1.89 bits per heavy atom. The van der Waals surface area contributed by atoms with Crippen LogP contribution in [0.3, 0.4) is 0 Å². The highest BCUT2D eigenvalue weighted by molar-refractivity contribution is 8.14. The molecule has 1 aromatic carbocycles. The Morgan fingerprint density at radius 1 is 1.26 bits per heavy atom. The summed E-state index contributed by atoms with van der Waals surface area (Å²) in [6.07, 6.45) is 0.731. The van der Waals surface area contributed by atoms with Gasteiger partial charge in [0, 0.05) is 11.3 Å². The summed E-state index contributed by atoms with van der Waals surface area (Å²) in [4.78, 5) is 23.5. The van der Waals surface area contributed by atoms with Gasteiger partial charge in [0.25, 0.3) is 5.91 Å². The summed E-state index contributed by atoms with van der Waals surface area (Å²) in [5.41, 5.74) is 1.88. The summed E-state index contributed by atoms with van der Waals surface area (Å²) in [5.74, 6) is 0.633. The van der Waals surface area contributed by atoms with Gasteiger partial charge in [0.15, 0.2) is 0 Å². The van der Waals surface area contributed by atoms with Crippen molar-refractivity contribution in [2.24, 2.45) is 0 Å². The molecular formula is C15H19NO2S. The fourth-order valence-corrected chi connectivity index (χ4v) is 2.92. The first-order valence-electron chi connectivity index (χ1n) is 6.46. The van der Waals surface area contributed by atoms with Crippen molar-refractivity contribution in [3.8, 4) is 0 Å². The molecule has 1 amide bonds. The predicted octanol–water partition coefficient (Wildman–Crippen LogP) is 2.75. The molecule has 4 heteroatoms. The topological polar surface area (TPSA) is 46.2 Å². The van der Waals surface area contributed by atoms with Crippen LogP contribution < -0.4 is 5.32 Å². The molecule has 1 fully saturated rings. The van der Waals surface area contributed by atoms with Crippen LogP contribution in [0.25, 0.3) is 0 Å². The van der Waals surface area contributed by atoms with Crippen molar-refractivity contribution < 1.29 is 9.59 Å². The highest BCUT2D eigenvalue weighted by atomic mass is 32.2. The van der Waals surface area contributed by atoms with Crippen LogP contribution in [-0.4, -0.2) is 22.8 Å². The zero-order chi connectivity index (χ0) is 14.0. The maximum atomic E-state index is 12.0. The summed E-state index contributed by atoms with van der Waals surface area (Å²) >= 11 is 1.29. The molecule has 102 valence electrons. The van der Waals surface area contributed by atoms with E-state index in [0.29, 0.717) is 5.56 Å². The third-order valence-electron chi connectivity index (χ3n) is 3.25. The molecule has 1 heterocycles. The first-order chi connectivity index (χ1) is 8.88. The third-order valence-corrected chi connectivity index (χ3v) is 4.26. The molecule has 0 aliphatic carbocycles. The largest absolute Gasteiger partial charge is 0.341 e. The van der Waals surface area contributed by atoms with Gasteiger partial charge < -0.3 is 5.32 Å². The molecule has 0 bridgehead atoms. The molecule has 19 heavy (non-hydrogen) atoms. The molecule has 1 aliphatic heterocycles. The van der Waals surface area contributed by atoms with Crippen molar-refractivity contribution in [2.45, 2.75) is 38.6 Å². The van der Waals surface area contributed by atoms with Gasteiger partial charge in [-0.2, -0.15) is 0 Å². The van der Waals surface area contributed by atoms with E-state index in [1.165, 1.54) is 17.3 Å². The number of amides is 1. The first-order valence-corrected chi connectivity index (χ1v) is 7.44. The Bertz CT molecular complexity index is 488. The number of nitrogens with one attached hydrogen (secondary N) is 1. The third kappa shape index (κ3) is 3.38. The van der Waals surface area contributed by atoms with Gasteiger partial charge in [0.05, 0.1) is 6.04 Å². The van der Waals surface area contributed by atoms with Crippen molar-refractivity contribution in [2.75, 3.05) is 5.75 Å². The molecule has 0 saturated carbocycles. The molecule has 0 radical (unpaired) electrons. The van der Waals surface area contributed by atoms with E-state index >= 15 is 0 Å². The highest BCUT2D eigenvalue weighted by Gasteiger charge is 2.27. The fraction of sp³-hybridized carbons (Fsp3) is 0.467. The summed E-state index contributed by atoms with van der Waals surface area (Å²) in [5, 5.41) is 2.86. The van der Waals surface area contributed by atoms with Crippen LogP contribution in [0.15, 0.2) is 24.3 Å². The second-order valence-corrected chi connectivity index (χ2v) is 6.91. The first kappa shape index (κ1) is 14.1. The fourth-order valence-electron chi connectivity index (χ4n) is 1.99. The number of rotatable bonds is 2. The monoisotopic (exact) mass is 277 g/mol. The van der Waals surface area contributed by atoms with Crippen LogP contribution in [0, 0.1) is 0 Å². The van der Waals surface area contributed by atoms with Gasteiger partial charge >= 0.3 is 0 Å². The quantitative estimate of drug-likeness (QED) is 0.904. The number of hydrogen-bond acceptors (Lipinski definition) is 3. The van der Waals surface area contributed by atoms with E-state index in [-0.39, 0.29) is 22.5 Å². The maximum Gasteiger partial charge on any atom is 0.251 e. The summed E-state index contributed by atoms with van der Waals surface area (Å²) in [6, 6.07) is 7.27. The zero-order valence-electron chi connectivity index (χ0n) is 11.5. The molecule has 1 aromatic rings. The number of benzene rings is 1. The summed E-state index contributed by atoms with van der Waals surface area (Å²) in [7, 11) is 0. The van der Waals surface area contributed by atoms with Crippen LogP contribution in [0.2, 0.25) is 0 Å². The Labute approximate surface area is 118 Å². The molecule has 1 unspecified atom stereocenters. The number of carbonyl (C=O) groups excluding carboxylic acids is 2. The van der Waals surface area contributed by atoms with E-state index in [9.17, 15) is 9.59 Å². The van der Waals surface area contributed by atoms with E-state index in [2.05, 4.69) is 26.1 Å². The second-order valence-electron chi connectivity index (χ2n) is 5.81. The van der Waals surface area contributed by atoms with Gasteiger partial charge in [-0.25, -0.2) is 0 Å². The van der Waals surface area contributed by atoms with Gasteiger partial charge in [0.2, 0.25) is 5.12 Å². The summed E-state index contributed by atoms with van der Waals surface area (Å²) < 4.78 is 0. The molecular weight excluding hydrogens is 258 g/mol. The van der Waals surface area contributed by atoms with E-state index in [4.69, 9.17) is 0 Å². The molecule has 2 rings (SSSR count). The smallest absolute Gasteiger partial charge is 0.251 e. The predicted molar refractivity (Wildman–Crippen MR) is 78.5 cm³/mol. The van der Waals surface area contributed by atoms with Crippen molar-refractivity contribution in [3.63, 3.8) is 0 Å². The molecule has 1 atom stereocenters. The van der Waals surface area contributed by atoms with Gasteiger partial charge in [-0.15, -0.1) is 0 Å². The van der Waals surface area contributed by atoms with Gasteiger partial charge in [-0.05, 0) is 29.5 Å². The normalized spacial score (nSPS) is 19.5. The Hall–Kier alpha value is -1.29. The van der Waals surface area contributed by atoms with E-state index in [0.717, 1.165) is 12.2 Å². The molecule has 0 aromatic heterocycles. The molecule has 1 saturated heterocycles. The summed E-state index contributed by atoms with van der Waals surface area (Å²) in [6.45, 7) is 6.41. The molecule has 1 aliphatic rings. The molecule has 1 N–H and O–H groups in total. The zero-order valence-corrected chi connectivity index (χ0v) is 12.3. The lowest BCUT2D eigenvalue weighted by atomic mass is 9.86. The number of thioether (sulfide) groups is 1. The van der Waals surface area contributed by atoms with Crippen molar-refractivity contribution >= 4 is 22.8 Å². The number of carbonyl (C=O) groups is 2. The Kier molecular flexibility index (Phi) is 3.99. The Morgan fingerprint density at radius 3 is 2.37 bits per heavy atom. The van der Waals surface area contributed by atoms with Crippen molar-refractivity contribution in [1.29, 1.82) is 0 Å². The Balaban J connectivity index is 2.05. The average Bonchev–Trinajstić information content (AvgIpc) is 2.74. The average molecular weight is 277 g/mol. The maximum absolute atomic E-state index is 12.0. The molecule has 3 nitrogen and oxygen atoms in total. The standard InChI is InChI=1S/C15H19NO2S/c1-15(2,3)11-6-4-10(5-7-11)13(17)16-12-8-9-19-14(12)18/h4-7,12H,8-9H2,1-3H3,(H,16,17). The lowest BCUT2D eigenvalue weighted by Gasteiger charge is -2.19. The van der Waals surface area contributed by atoms with Gasteiger partial charge in [-0.3, -0.25) is 9.59 Å². The second kappa shape index (κ2) is 5.37. The SMILES string of the molecule is CC(C)(C)c1ccc(C(=O)NC2CCSC2=O)cc1. The van der Waals surface area contributed by atoms with Gasteiger partial charge in [-0.1, -0.05) is 44.7 Å². The van der Waals surface area contributed by atoms with E-state index in [1.54, 1.807) is 0 Å². The lowest BCUT2D eigenvalue weighted by Crippen LogP contribution is -2.37. The van der Waals surface area contributed by atoms with Gasteiger partial charge in [0.1, 0.15) is 0 Å². The minimum atomic E-state index is -0.320. The minimum Gasteiger partial charge on any atom is -0.341 e. The van der Waals surface area contributed by atoms with Crippen molar-refractivity contribution in [1.82, 2.24) is 5.32 Å². The number of hydrogen-bond donors (Lipinski definition) is 1. The lowest BCUT2D eigenvalue weighted by molar-refractivity contribution is -0.112. The minimum absolute atomic E-state index is 0.0691. The van der Waals surface area contributed by atoms with Crippen LogP contribution in [0.4, 0.5) is 0 Å². The van der Waals surface area contributed by atoms with Crippen LogP contribution >= 0.6 is 11.8 Å². The highest BCUT2D eigenvalue weighted by Crippen LogP contribution is 2.23. The molecule has 0 spiro atoms. The van der Waals surface area contributed by atoms with E-state index in [1.807, 2.05) is 24.3 Å².